The van der Waals surface area contributed by atoms with E-state index in [2.05, 4.69) is 34.5 Å². The number of hydrogen-bond acceptors (Lipinski definition) is 5. The van der Waals surface area contributed by atoms with Crippen molar-refractivity contribution in [2.45, 2.75) is 32.0 Å². The van der Waals surface area contributed by atoms with Gasteiger partial charge in [-0.15, -0.1) is 0 Å². The van der Waals surface area contributed by atoms with Crippen molar-refractivity contribution in [1.82, 2.24) is 10.2 Å². The highest BCUT2D eigenvalue weighted by molar-refractivity contribution is 5.29. The van der Waals surface area contributed by atoms with Gasteiger partial charge in [-0.2, -0.15) is 0 Å². The van der Waals surface area contributed by atoms with Gasteiger partial charge in [-0.1, -0.05) is 24.3 Å². The molecule has 0 bridgehead atoms. The lowest BCUT2D eigenvalue weighted by molar-refractivity contribution is 0.182. The van der Waals surface area contributed by atoms with Crippen LogP contribution in [-0.2, 0) is 13.1 Å². The molecule has 27 heavy (non-hydrogen) atoms. The zero-order valence-electron chi connectivity index (χ0n) is 16.1. The summed E-state index contributed by atoms with van der Waals surface area (Å²) in [5, 5.41) is 12.6. The van der Waals surface area contributed by atoms with E-state index in [1.165, 1.54) is 24.0 Å². The Morgan fingerprint density at radius 1 is 1.11 bits per heavy atom. The highest BCUT2D eigenvalue weighted by atomic mass is 16.5. The molecular weight excluding hydrogens is 340 g/mol. The topological polar surface area (TPSA) is 54.0 Å². The van der Waals surface area contributed by atoms with Crippen LogP contribution in [0.2, 0.25) is 0 Å². The minimum absolute atomic E-state index is 0.0354. The molecule has 0 saturated carbocycles. The summed E-state index contributed by atoms with van der Waals surface area (Å²) in [6.45, 7) is 4.35. The Labute approximate surface area is 161 Å². The first kappa shape index (κ1) is 19.7. The highest BCUT2D eigenvalue weighted by Crippen LogP contribution is 2.18. The molecule has 2 aromatic carbocycles. The van der Waals surface area contributed by atoms with Crippen LogP contribution in [0.3, 0.4) is 0 Å². The Bertz CT molecular complexity index is 707. The summed E-state index contributed by atoms with van der Waals surface area (Å²) in [6, 6.07) is 16.9. The van der Waals surface area contributed by atoms with Crippen LogP contribution in [0.1, 0.15) is 24.0 Å². The summed E-state index contributed by atoms with van der Waals surface area (Å²) >= 11 is 0. The fourth-order valence-corrected chi connectivity index (χ4v) is 3.57. The molecule has 3 rings (SSSR count). The summed E-state index contributed by atoms with van der Waals surface area (Å²) in [7, 11) is 1.71. The van der Waals surface area contributed by atoms with Crippen molar-refractivity contribution < 1.29 is 14.6 Å². The van der Waals surface area contributed by atoms with Crippen LogP contribution in [0, 0.1) is 0 Å². The van der Waals surface area contributed by atoms with Crippen LogP contribution >= 0.6 is 0 Å². The molecule has 1 saturated heterocycles. The Morgan fingerprint density at radius 3 is 2.70 bits per heavy atom. The molecule has 1 atom stereocenters. The van der Waals surface area contributed by atoms with Gasteiger partial charge in [0.25, 0.3) is 0 Å². The molecule has 1 aliphatic rings. The second kappa shape index (κ2) is 10.3. The van der Waals surface area contributed by atoms with Gasteiger partial charge in [0.05, 0.1) is 13.7 Å². The van der Waals surface area contributed by atoms with Crippen LogP contribution < -0.4 is 14.8 Å². The predicted molar refractivity (Wildman–Crippen MR) is 107 cm³/mol. The van der Waals surface area contributed by atoms with Crippen LogP contribution in [0.4, 0.5) is 0 Å². The van der Waals surface area contributed by atoms with Gasteiger partial charge in [0.15, 0.2) is 0 Å². The van der Waals surface area contributed by atoms with E-state index in [9.17, 15) is 0 Å². The first-order valence-electron chi connectivity index (χ1n) is 9.68. The summed E-state index contributed by atoms with van der Waals surface area (Å²) < 4.78 is 10.8. The molecule has 2 N–H and O–H groups in total. The third-order valence-electron chi connectivity index (χ3n) is 4.90. The van der Waals surface area contributed by atoms with Gasteiger partial charge in [0.2, 0.25) is 0 Å². The van der Waals surface area contributed by atoms with Crippen molar-refractivity contribution in [3.63, 3.8) is 0 Å². The number of likely N-dealkylation sites (tertiary alicyclic amines) is 1. The maximum absolute atomic E-state index is 8.88. The van der Waals surface area contributed by atoms with Crippen molar-refractivity contribution in [3.05, 3.63) is 59.7 Å². The SMILES string of the molecule is COc1cccc(CN2CCCC(NCc3cccc(OCCO)c3)C2)c1. The molecule has 2 aromatic rings. The Hall–Kier alpha value is -2.08. The van der Waals surface area contributed by atoms with Crippen LogP contribution in [-0.4, -0.2) is 49.5 Å². The van der Waals surface area contributed by atoms with E-state index in [4.69, 9.17) is 14.6 Å². The van der Waals surface area contributed by atoms with E-state index >= 15 is 0 Å². The minimum Gasteiger partial charge on any atom is -0.497 e. The molecule has 5 nitrogen and oxygen atoms in total. The molecule has 0 radical (unpaired) electrons. The number of benzene rings is 2. The third kappa shape index (κ3) is 6.24. The number of aliphatic hydroxyl groups excluding tert-OH is 1. The number of ether oxygens (including phenoxy) is 2. The lowest BCUT2D eigenvalue weighted by atomic mass is 10.0. The predicted octanol–water partition coefficient (Wildman–Crippen LogP) is 2.82. The third-order valence-corrected chi connectivity index (χ3v) is 4.90. The van der Waals surface area contributed by atoms with Crippen molar-refractivity contribution in [2.24, 2.45) is 0 Å². The number of piperidine rings is 1. The molecule has 0 amide bonds. The van der Waals surface area contributed by atoms with E-state index in [1.54, 1.807) is 7.11 Å². The maximum Gasteiger partial charge on any atom is 0.119 e. The fourth-order valence-electron chi connectivity index (χ4n) is 3.57. The van der Waals surface area contributed by atoms with Gasteiger partial charge in [-0.3, -0.25) is 4.90 Å². The van der Waals surface area contributed by atoms with E-state index in [-0.39, 0.29) is 6.61 Å². The molecule has 1 fully saturated rings. The number of nitrogens with one attached hydrogen (secondary N) is 1. The molecule has 1 unspecified atom stereocenters. The lowest BCUT2D eigenvalue weighted by Gasteiger charge is -2.33. The summed E-state index contributed by atoms with van der Waals surface area (Å²) in [4.78, 5) is 2.51. The van der Waals surface area contributed by atoms with Crippen LogP contribution in [0.5, 0.6) is 11.5 Å². The summed E-state index contributed by atoms with van der Waals surface area (Å²) in [5.41, 5.74) is 2.50. The molecule has 0 aromatic heterocycles. The standard InChI is InChI=1S/C22H30N2O3/c1-26-21-8-3-6-19(14-21)16-24-10-4-7-20(17-24)23-15-18-5-2-9-22(13-18)27-12-11-25/h2-3,5-6,8-9,13-14,20,23,25H,4,7,10-12,15-17H2,1H3. The van der Waals surface area contributed by atoms with Crippen LogP contribution in [0.15, 0.2) is 48.5 Å². The molecule has 0 spiro atoms. The molecule has 1 aliphatic heterocycles. The number of nitrogens with zero attached hydrogens (tertiary/aromatic N) is 1. The molecule has 5 heteroatoms. The van der Waals surface area contributed by atoms with E-state index in [1.807, 2.05) is 24.3 Å². The van der Waals surface area contributed by atoms with E-state index in [0.29, 0.717) is 12.6 Å². The van der Waals surface area contributed by atoms with Crippen molar-refractivity contribution in [3.8, 4) is 11.5 Å². The Kier molecular flexibility index (Phi) is 7.51. The number of rotatable bonds is 9. The second-order valence-electron chi connectivity index (χ2n) is 7.03. The number of methoxy groups -OCH3 is 1. The monoisotopic (exact) mass is 370 g/mol. The minimum atomic E-state index is 0.0354. The van der Waals surface area contributed by atoms with Gasteiger partial charge in [-0.25, -0.2) is 0 Å². The van der Waals surface area contributed by atoms with Gasteiger partial charge < -0.3 is 19.9 Å². The summed E-state index contributed by atoms with van der Waals surface area (Å²) in [6.07, 6.45) is 2.41. The molecular formula is C22H30N2O3. The van der Waals surface area contributed by atoms with Gasteiger partial charge in [0, 0.05) is 25.7 Å². The first-order valence-corrected chi connectivity index (χ1v) is 9.68. The number of hydrogen-bond donors (Lipinski definition) is 2. The normalized spacial score (nSPS) is 17.6. The molecule has 0 aliphatic carbocycles. The molecule has 146 valence electrons. The van der Waals surface area contributed by atoms with Crippen molar-refractivity contribution >= 4 is 0 Å². The smallest absolute Gasteiger partial charge is 0.119 e. The number of aliphatic hydroxyl groups is 1. The van der Waals surface area contributed by atoms with Gasteiger partial charge in [-0.05, 0) is 54.8 Å². The maximum atomic E-state index is 8.88. The van der Waals surface area contributed by atoms with Gasteiger partial charge in [0.1, 0.15) is 18.1 Å². The highest BCUT2D eigenvalue weighted by Gasteiger charge is 2.19. The van der Waals surface area contributed by atoms with Crippen molar-refractivity contribution in [2.75, 3.05) is 33.4 Å². The van der Waals surface area contributed by atoms with Crippen LogP contribution in [0.25, 0.3) is 0 Å². The van der Waals surface area contributed by atoms with E-state index in [0.717, 1.165) is 37.7 Å². The van der Waals surface area contributed by atoms with E-state index < -0.39 is 0 Å². The molecule has 1 heterocycles. The summed E-state index contributed by atoms with van der Waals surface area (Å²) in [5.74, 6) is 1.73. The Balaban J connectivity index is 1.49. The first-order chi connectivity index (χ1) is 13.3. The lowest BCUT2D eigenvalue weighted by Crippen LogP contribution is -2.45. The zero-order valence-corrected chi connectivity index (χ0v) is 16.1. The second-order valence-corrected chi connectivity index (χ2v) is 7.03. The quantitative estimate of drug-likeness (QED) is 0.711. The zero-order chi connectivity index (χ0) is 18.9. The average molecular weight is 370 g/mol. The average Bonchev–Trinajstić information content (AvgIpc) is 2.71. The fraction of sp³-hybridized carbons (Fsp3) is 0.455. The van der Waals surface area contributed by atoms with Gasteiger partial charge >= 0.3 is 0 Å². The largest absolute Gasteiger partial charge is 0.497 e. The van der Waals surface area contributed by atoms with Crippen molar-refractivity contribution in [1.29, 1.82) is 0 Å². The Morgan fingerprint density at radius 2 is 1.89 bits per heavy atom.